The Morgan fingerprint density at radius 2 is 1.80 bits per heavy atom. The summed E-state index contributed by atoms with van der Waals surface area (Å²) in [5.41, 5.74) is 6.55. The fourth-order valence-corrected chi connectivity index (χ4v) is 2.38. The molecule has 0 amide bonds. The van der Waals surface area contributed by atoms with Crippen molar-refractivity contribution in [3.8, 4) is 28.4 Å². The molecule has 1 heterocycles. The summed E-state index contributed by atoms with van der Waals surface area (Å²) in [4.78, 5) is 11.6. The van der Waals surface area contributed by atoms with E-state index in [9.17, 15) is 18.7 Å². The van der Waals surface area contributed by atoms with E-state index in [1.165, 1.54) is 36.0 Å². The number of hydrogen-bond donors (Lipinski definition) is 2. The van der Waals surface area contributed by atoms with Crippen LogP contribution < -0.4 is 16.0 Å². The summed E-state index contributed by atoms with van der Waals surface area (Å²) >= 11 is 0. The molecule has 2 aromatic carbocycles. The van der Waals surface area contributed by atoms with Gasteiger partial charge in [0.1, 0.15) is 11.6 Å². The van der Waals surface area contributed by atoms with Crippen LogP contribution in [-0.2, 0) is 7.05 Å². The van der Waals surface area contributed by atoms with Gasteiger partial charge in [0.05, 0.1) is 0 Å². The van der Waals surface area contributed by atoms with Gasteiger partial charge in [-0.25, -0.2) is 8.78 Å². The second kappa shape index (κ2) is 6.27. The van der Waals surface area contributed by atoms with Crippen molar-refractivity contribution in [2.75, 3.05) is 5.73 Å². The summed E-state index contributed by atoms with van der Waals surface area (Å²) in [7, 11) is 1.48. The van der Waals surface area contributed by atoms with Gasteiger partial charge in [-0.1, -0.05) is 0 Å². The molecular formula is C18H14F2N2O3. The largest absolute Gasteiger partial charge is 0.503 e. The number of hydrogen-bond acceptors (Lipinski definition) is 4. The summed E-state index contributed by atoms with van der Waals surface area (Å²) in [5.74, 6) is -1.95. The van der Waals surface area contributed by atoms with E-state index in [4.69, 9.17) is 10.5 Å². The molecule has 3 N–H and O–H groups in total. The van der Waals surface area contributed by atoms with Gasteiger partial charge in [-0.3, -0.25) is 4.79 Å². The molecule has 0 aliphatic rings. The zero-order valence-corrected chi connectivity index (χ0v) is 13.2. The number of pyridine rings is 1. The molecule has 128 valence electrons. The van der Waals surface area contributed by atoms with Crippen LogP contribution in [0.3, 0.4) is 0 Å². The first-order valence-corrected chi connectivity index (χ1v) is 7.27. The molecule has 1 aromatic heterocycles. The molecular weight excluding hydrogens is 330 g/mol. The summed E-state index contributed by atoms with van der Waals surface area (Å²) in [6.45, 7) is 0. The maximum Gasteiger partial charge on any atom is 0.292 e. The van der Waals surface area contributed by atoms with Crippen LogP contribution in [0.4, 0.5) is 14.5 Å². The zero-order chi connectivity index (χ0) is 18.1. The summed E-state index contributed by atoms with van der Waals surface area (Å²) in [5, 5.41) is 9.76. The number of aromatic nitrogens is 1. The highest BCUT2D eigenvalue weighted by atomic mass is 19.1. The van der Waals surface area contributed by atoms with Crippen LogP contribution >= 0.6 is 0 Å². The van der Waals surface area contributed by atoms with E-state index in [2.05, 4.69) is 0 Å². The third kappa shape index (κ3) is 3.30. The van der Waals surface area contributed by atoms with Crippen LogP contribution in [0.2, 0.25) is 0 Å². The number of aromatic hydroxyl groups is 1. The van der Waals surface area contributed by atoms with Crippen molar-refractivity contribution in [1.82, 2.24) is 4.57 Å². The zero-order valence-electron chi connectivity index (χ0n) is 13.2. The fourth-order valence-electron chi connectivity index (χ4n) is 2.38. The van der Waals surface area contributed by atoms with Crippen LogP contribution in [0.1, 0.15) is 0 Å². The Morgan fingerprint density at radius 1 is 1.08 bits per heavy atom. The number of nitrogens with two attached hydrogens (primary N) is 1. The molecule has 3 rings (SSSR count). The van der Waals surface area contributed by atoms with E-state index in [0.717, 1.165) is 6.07 Å². The van der Waals surface area contributed by atoms with Gasteiger partial charge in [-0.05, 0) is 36.4 Å². The third-order valence-electron chi connectivity index (χ3n) is 3.59. The Bertz CT molecular complexity index is 989. The van der Waals surface area contributed by atoms with Crippen molar-refractivity contribution >= 4 is 5.69 Å². The first-order chi connectivity index (χ1) is 11.8. The molecule has 7 heteroatoms. The van der Waals surface area contributed by atoms with E-state index in [-0.39, 0.29) is 11.5 Å². The maximum absolute atomic E-state index is 13.9. The average Bonchev–Trinajstić information content (AvgIpc) is 2.56. The van der Waals surface area contributed by atoms with Gasteiger partial charge in [0.15, 0.2) is 17.3 Å². The lowest BCUT2D eigenvalue weighted by molar-refractivity contribution is 0.439. The van der Waals surface area contributed by atoms with Crippen molar-refractivity contribution in [2.45, 2.75) is 0 Å². The highest BCUT2D eigenvalue weighted by Gasteiger charge is 2.14. The highest BCUT2D eigenvalue weighted by molar-refractivity contribution is 5.74. The minimum atomic E-state index is -0.855. The van der Waals surface area contributed by atoms with Gasteiger partial charge in [0.25, 0.3) is 5.56 Å². The molecule has 5 nitrogen and oxygen atoms in total. The van der Waals surface area contributed by atoms with Gasteiger partial charge in [0, 0.05) is 36.1 Å². The Morgan fingerprint density at radius 3 is 2.48 bits per heavy atom. The standard InChI is InChI=1S/C18H14F2N2O3/c1-22-9-10(6-15(23)18(22)24)13-8-12(21)3-5-16(13)25-17-4-2-11(19)7-14(17)20/h2-9,23H,21H2,1H3. The molecule has 0 fully saturated rings. The van der Waals surface area contributed by atoms with Gasteiger partial charge < -0.3 is 20.1 Å². The van der Waals surface area contributed by atoms with E-state index < -0.39 is 22.9 Å². The predicted octanol–water partition coefficient (Wildman–Crippen LogP) is 3.41. The van der Waals surface area contributed by atoms with Crippen LogP contribution in [0, 0.1) is 11.6 Å². The van der Waals surface area contributed by atoms with Gasteiger partial charge in [0.2, 0.25) is 0 Å². The van der Waals surface area contributed by atoms with Crippen LogP contribution in [0.25, 0.3) is 11.1 Å². The van der Waals surface area contributed by atoms with E-state index in [0.29, 0.717) is 22.9 Å². The first-order valence-electron chi connectivity index (χ1n) is 7.27. The lowest BCUT2D eigenvalue weighted by Gasteiger charge is -2.14. The van der Waals surface area contributed by atoms with Crippen LogP contribution in [-0.4, -0.2) is 9.67 Å². The van der Waals surface area contributed by atoms with Gasteiger partial charge in [-0.2, -0.15) is 0 Å². The maximum atomic E-state index is 13.9. The average molecular weight is 344 g/mol. The molecule has 0 aliphatic carbocycles. The van der Waals surface area contributed by atoms with Crippen molar-refractivity contribution < 1.29 is 18.6 Å². The van der Waals surface area contributed by atoms with Crippen LogP contribution in [0.15, 0.2) is 53.5 Å². The number of rotatable bonds is 3. The van der Waals surface area contributed by atoms with Crippen molar-refractivity contribution in [2.24, 2.45) is 7.05 Å². The number of nitrogen functional groups attached to an aromatic ring is 1. The molecule has 0 spiro atoms. The Hall–Kier alpha value is -3.35. The fraction of sp³-hybridized carbons (Fsp3) is 0.0556. The number of nitrogens with zero attached hydrogens (tertiary/aromatic N) is 1. The molecule has 25 heavy (non-hydrogen) atoms. The summed E-state index contributed by atoms with van der Waals surface area (Å²) in [6, 6.07) is 8.87. The van der Waals surface area contributed by atoms with E-state index in [1.54, 1.807) is 12.1 Å². The number of aryl methyl sites for hydroxylation is 1. The topological polar surface area (TPSA) is 77.5 Å². The molecule has 0 bridgehead atoms. The summed E-state index contributed by atoms with van der Waals surface area (Å²) in [6.07, 6.45) is 1.49. The monoisotopic (exact) mass is 344 g/mol. The second-order valence-electron chi connectivity index (χ2n) is 5.46. The van der Waals surface area contributed by atoms with Gasteiger partial charge in [-0.15, -0.1) is 0 Å². The quantitative estimate of drug-likeness (QED) is 0.714. The molecule has 0 saturated heterocycles. The number of anilines is 1. The van der Waals surface area contributed by atoms with E-state index in [1.807, 2.05) is 0 Å². The molecule has 0 saturated carbocycles. The Kier molecular flexibility index (Phi) is 4.14. The molecule has 0 aliphatic heterocycles. The summed E-state index contributed by atoms with van der Waals surface area (Å²) < 4.78 is 33.6. The van der Waals surface area contributed by atoms with E-state index >= 15 is 0 Å². The van der Waals surface area contributed by atoms with Crippen molar-refractivity contribution in [3.63, 3.8) is 0 Å². The minimum absolute atomic E-state index is 0.165. The number of benzene rings is 2. The number of ether oxygens (including phenoxy) is 1. The lowest BCUT2D eigenvalue weighted by atomic mass is 10.1. The number of halogens is 2. The smallest absolute Gasteiger partial charge is 0.292 e. The minimum Gasteiger partial charge on any atom is -0.503 e. The Labute approximate surface area is 141 Å². The molecule has 0 radical (unpaired) electrons. The lowest BCUT2D eigenvalue weighted by Crippen LogP contribution is -2.15. The molecule has 0 unspecified atom stereocenters. The van der Waals surface area contributed by atoms with Crippen molar-refractivity contribution in [1.29, 1.82) is 0 Å². The van der Waals surface area contributed by atoms with Crippen molar-refractivity contribution in [3.05, 3.63) is 70.6 Å². The normalized spacial score (nSPS) is 10.7. The molecule has 0 atom stereocenters. The molecule has 3 aromatic rings. The van der Waals surface area contributed by atoms with Crippen LogP contribution in [0.5, 0.6) is 17.2 Å². The second-order valence-corrected chi connectivity index (χ2v) is 5.46. The third-order valence-corrected chi connectivity index (χ3v) is 3.59. The SMILES string of the molecule is Cn1cc(-c2cc(N)ccc2Oc2ccc(F)cc2F)cc(O)c1=O. The highest BCUT2D eigenvalue weighted by Crippen LogP contribution is 2.36. The Balaban J connectivity index is 2.12. The predicted molar refractivity (Wildman–Crippen MR) is 89.6 cm³/mol. The first kappa shape index (κ1) is 16.5. The van der Waals surface area contributed by atoms with Gasteiger partial charge >= 0.3 is 0 Å².